The molecule has 1 aliphatic carbocycles. The van der Waals surface area contributed by atoms with E-state index in [9.17, 15) is 9.59 Å². The molecule has 0 radical (unpaired) electrons. The fourth-order valence-electron chi connectivity index (χ4n) is 2.16. The van der Waals surface area contributed by atoms with E-state index >= 15 is 0 Å². The minimum Gasteiger partial charge on any atom is -0.481 e. The van der Waals surface area contributed by atoms with Crippen LogP contribution < -0.4 is 11.1 Å². The zero-order chi connectivity index (χ0) is 13.3. The van der Waals surface area contributed by atoms with E-state index in [0.717, 1.165) is 10.2 Å². The Balaban J connectivity index is 2.14. The van der Waals surface area contributed by atoms with E-state index in [-0.39, 0.29) is 12.8 Å². The van der Waals surface area contributed by atoms with Gasteiger partial charge in [0.2, 0.25) is 5.91 Å². The van der Waals surface area contributed by atoms with Crippen LogP contribution in [0.25, 0.3) is 0 Å². The van der Waals surface area contributed by atoms with Crippen molar-refractivity contribution in [2.24, 2.45) is 11.7 Å². The summed E-state index contributed by atoms with van der Waals surface area (Å²) < 4.78 is 0.876. The lowest BCUT2D eigenvalue weighted by atomic mass is 9.67. The number of aliphatic carboxylic acids is 1. The number of benzene rings is 1. The minimum absolute atomic E-state index is 0.226. The molecular weight excluding hydrogens is 300 g/mol. The first-order chi connectivity index (χ1) is 8.43. The number of nitrogens with one attached hydrogen (secondary N) is 1. The number of hydrogen-bond donors (Lipinski definition) is 3. The number of nitrogens with two attached hydrogens (primary N) is 1. The number of carbonyl (C=O) groups excluding carboxylic acids is 1. The van der Waals surface area contributed by atoms with Gasteiger partial charge in [-0.3, -0.25) is 9.59 Å². The van der Waals surface area contributed by atoms with Crippen molar-refractivity contribution in [3.63, 3.8) is 0 Å². The van der Waals surface area contributed by atoms with Crippen LogP contribution in [-0.4, -0.2) is 22.5 Å². The fourth-order valence-corrected chi connectivity index (χ4v) is 2.56. The van der Waals surface area contributed by atoms with E-state index < -0.39 is 23.3 Å². The molecule has 2 rings (SSSR count). The monoisotopic (exact) mass is 312 g/mol. The molecule has 1 aromatic carbocycles. The molecule has 1 fully saturated rings. The Bertz CT molecular complexity index is 498. The molecule has 0 heterocycles. The lowest BCUT2D eigenvalue weighted by molar-refractivity contribution is -0.148. The fraction of sp³-hybridized carbons (Fsp3) is 0.333. The second kappa shape index (κ2) is 4.61. The number of hydrogen-bond acceptors (Lipinski definition) is 3. The number of carboxylic acids is 1. The van der Waals surface area contributed by atoms with Crippen LogP contribution in [-0.2, 0) is 9.59 Å². The smallest absolute Gasteiger partial charge is 0.306 e. The highest BCUT2D eigenvalue weighted by molar-refractivity contribution is 9.10. The minimum atomic E-state index is -0.941. The largest absolute Gasteiger partial charge is 0.481 e. The Morgan fingerprint density at radius 1 is 1.44 bits per heavy atom. The van der Waals surface area contributed by atoms with Crippen LogP contribution in [0.1, 0.15) is 12.8 Å². The molecule has 96 valence electrons. The van der Waals surface area contributed by atoms with Gasteiger partial charge in [0.15, 0.2) is 0 Å². The molecule has 1 saturated carbocycles. The molecule has 6 heteroatoms. The lowest BCUT2D eigenvalue weighted by Crippen LogP contribution is -2.60. The summed E-state index contributed by atoms with van der Waals surface area (Å²) in [6.07, 6.45) is 0.453. The molecule has 0 aromatic heterocycles. The summed E-state index contributed by atoms with van der Waals surface area (Å²) in [7, 11) is 0. The highest BCUT2D eigenvalue weighted by Crippen LogP contribution is 2.40. The molecule has 0 saturated heterocycles. The lowest BCUT2D eigenvalue weighted by Gasteiger charge is -2.44. The van der Waals surface area contributed by atoms with E-state index in [1.54, 1.807) is 0 Å². The van der Waals surface area contributed by atoms with Gasteiger partial charge in [0, 0.05) is 10.2 Å². The number of amides is 1. The zero-order valence-electron chi connectivity index (χ0n) is 9.52. The first-order valence-electron chi connectivity index (χ1n) is 5.49. The molecule has 18 heavy (non-hydrogen) atoms. The van der Waals surface area contributed by atoms with Gasteiger partial charge in [0.1, 0.15) is 5.54 Å². The number of halogens is 1. The van der Waals surface area contributed by atoms with Crippen LogP contribution in [0.4, 0.5) is 5.69 Å². The Kier molecular flexibility index (Phi) is 3.30. The average molecular weight is 313 g/mol. The molecule has 0 unspecified atom stereocenters. The van der Waals surface area contributed by atoms with Crippen molar-refractivity contribution in [2.45, 2.75) is 18.4 Å². The van der Waals surface area contributed by atoms with E-state index in [0.29, 0.717) is 0 Å². The molecule has 0 bridgehead atoms. The predicted octanol–water partition coefficient (Wildman–Crippen LogP) is 1.58. The van der Waals surface area contributed by atoms with Crippen LogP contribution in [0.15, 0.2) is 28.7 Å². The Morgan fingerprint density at radius 2 is 2.11 bits per heavy atom. The third kappa shape index (κ3) is 2.33. The van der Waals surface area contributed by atoms with Crippen molar-refractivity contribution in [3.05, 3.63) is 28.7 Å². The quantitative estimate of drug-likeness (QED) is 0.787. The molecular formula is C12H13BrN2O3. The maximum absolute atomic E-state index is 11.5. The second-order valence-corrected chi connectivity index (χ2v) is 5.44. The predicted molar refractivity (Wildman–Crippen MR) is 70.0 cm³/mol. The summed E-state index contributed by atoms with van der Waals surface area (Å²) >= 11 is 3.33. The van der Waals surface area contributed by atoms with E-state index in [4.69, 9.17) is 10.8 Å². The maximum atomic E-state index is 11.5. The number of primary amides is 1. The molecule has 1 amide bonds. The van der Waals surface area contributed by atoms with Crippen LogP contribution in [0.5, 0.6) is 0 Å². The van der Waals surface area contributed by atoms with Gasteiger partial charge in [-0.15, -0.1) is 0 Å². The molecule has 0 spiro atoms. The number of rotatable bonds is 4. The molecule has 5 nitrogen and oxygen atoms in total. The first kappa shape index (κ1) is 12.9. The van der Waals surface area contributed by atoms with Crippen molar-refractivity contribution in [2.75, 3.05) is 5.32 Å². The van der Waals surface area contributed by atoms with Crippen molar-refractivity contribution in [1.82, 2.24) is 0 Å². The summed E-state index contributed by atoms with van der Waals surface area (Å²) in [6.45, 7) is 0. The molecule has 1 aromatic rings. The van der Waals surface area contributed by atoms with Crippen molar-refractivity contribution in [1.29, 1.82) is 0 Å². The van der Waals surface area contributed by atoms with E-state index in [1.165, 1.54) is 0 Å². The van der Waals surface area contributed by atoms with Crippen LogP contribution in [0.3, 0.4) is 0 Å². The third-order valence-electron chi connectivity index (χ3n) is 3.22. The van der Waals surface area contributed by atoms with E-state index in [2.05, 4.69) is 21.2 Å². The van der Waals surface area contributed by atoms with Crippen LogP contribution >= 0.6 is 15.9 Å². The number of carbonyl (C=O) groups is 2. The van der Waals surface area contributed by atoms with Gasteiger partial charge in [-0.25, -0.2) is 0 Å². The van der Waals surface area contributed by atoms with Gasteiger partial charge < -0.3 is 16.2 Å². The van der Waals surface area contributed by atoms with Gasteiger partial charge in [0.25, 0.3) is 0 Å². The second-order valence-electron chi connectivity index (χ2n) is 4.53. The summed E-state index contributed by atoms with van der Waals surface area (Å²) in [5.41, 5.74) is 5.18. The SMILES string of the molecule is NC(=O)C1(Nc2cccc(Br)c2)CC(C(=O)O)C1. The molecule has 0 atom stereocenters. The van der Waals surface area contributed by atoms with Gasteiger partial charge in [0.05, 0.1) is 5.92 Å². The third-order valence-corrected chi connectivity index (χ3v) is 3.71. The van der Waals surface area contributed by atoms with Crippen molar-refractivity contribution >= 4 is 33.5 Å². The summed E-state index contributed by atoms with van der Waals surface area (Å²) in [6, 6.07) is 7.32. The standard InChI is InChI=1S/C12H13BrN2O3/c13-8-2-1-3-9(4-8)15-12(11(14)18)5-7(6-12)10(16)17/h1-4,7,15H,5-6H2,(H2,14,18)(H,16,17). The zero-order valence-corrected chi connectivity index (χ0v) is 11.1. The number of carboxylic acid groups (broad SMARTS) is 1. The first-order valence-corrected chi connectivity index (χ1v) is 6.29. The van der Waals surface area contributed by atoms with Crippen molar-refractivity contribution < 1.29 is 14.7 Å². The van der Waals surface area contributed by atoms with Gasteiger partial charge in [-0.05, 0) is 31.0 Å². The normalized spacial score (nSPS) is 26.2. The van der Waals surface area contributed by atoms with Crippen LogP contribution in [0.2, 0.25) is 0 Å². The molecule has 1 aliphatic rings. The Labute approximate surface area is 112 Å². The number of anilines is 1. The molecule has 4 N–H and O–H groups in total. The summed E-state index contributed by atoms with van der Waals surface area (Å²) in [5, 5.41) is 11.9. The highest BCUT2D eigenvalue weighted by atomic mass is 79.9. The van der Waals surface area contributed by atoms with Gasteiger partial charge in [-0.2, -0.15) is 0 Å². The maximum Gasteiger partial charge on any atom is 0.306 e. The van der Waals surface area contributed by atoms with Crippen molar-refractivity contribution in [3.8, 4) is 0 Å². The molecule has 0 aliphatic heterocycles. The van der Waals surface area contributed by atoms with E-state index in [1.807, 2.05) is 24.3 Å². The average Bonchev–Trinajstić information content (AvgIpc) is 2.21. The summed E-state index contributed by atoms with van der Waals surface area (Å²) in [4.78, 5) is 22.3. The Morgan fingerprint density at radius 3 is 2.61 bits per heavy atom. The highest BCUT2D eigenvalue weighted by Gasteiger charge is 2.52. The van der Waals surface area contributed by atoms with Gasteiger partial charge in [-0.1, -0.05) is 22.0 Å². The Hall–Kier alpha value is -1.56. The van der Waals surface area contributed by atoms with Gasteiger partial charge >= 0.3 is 5.97 Å². The topological polar surface area (TPSA) is 92.4 Å². The van der Waals surface area contributed by atoms with Crippen LogP contribution in [0, 0.1) is 5.92 Å². The summed E-state index contributed by atoms with van der Waals surface area (Å²) in [5.74, 6) is -1.90.